The maximum atomic E-state index is 14.9. The van der Waals surface area contributed by atoms with Crippen LogP contribution in [-0.2, 0) is 12.8 Å². The second-order valence-corrected chi connectivity index (χ2v) is 7.91. The molecule has 4 aromatic carbocycles. The average molecular weight is 463 g/mol. The highest BCUT2D eigenvalue weighted by molar-refractivity contribution is 5.72. The lowest BCUT2D eigenvalue weighted by atomic mass is 9.97. The summed E-state index contributed by atoms with van der Waals surface area (Å²) >= 11 is 0. The van der Waals surface area contributed by atoms with Crippen molar-refractivity contribution in [3.63, 3.8) is 0 Å². The van der Waals surface area contributed by atoms with Crippen molar-refractivity contribution in [1.82, 2.24) is 0 Å². The van der Waals surface area contributed by atoms with Gasteiger partial charge in [-0.25, -0.2) is 13.2 Å². The molecule has 0 N–H and O–H groups in total. The van der Waals surface area contributed by atoms with Crippen LogP contribution in [0, 0.1) is 17.5 Å². The van der Waals surface area contributed by atoms with Crippen molar-refractivity contribution >= 4 is 0 Å². The van der Waals surface area contributed by atoms with Crippen molar-refractivity contribution in [3.05, 3.63) is 107 Å². The van der Waals surface area contributed by atoms with Gasteiger partial charge in [-0.2, -0.15) is 0 Å². The average Bonchev–Trinajstić information content (AvgIpc) is 2.86. The van der Waals surface area contributed by atoms with E-state index in [9.17, 15) is 13.2 Å². The van der Waals surface area contributed by atoms with Crippen LogP contribution in [0.2, 0.25) is 0 Å². The van der Waals surface area contributed by atoms with Gasteiger partial charge in [-0.05, 0) is 66.3 Å². The minimum absolute atomic E-state index is 0.197. The molecule has 0 unspecified atom stereocenters. The first kappa shape index (κ1) is 23.4. The number of hydrogen-bond acceptors (Lipinski definition) is 2. The maximum Gasteiger partial charge on any atom is 0.167 e. The summed E-state index contributed by atoms with van der Waals surface area (Å²) in [5, 5.41) is 0. The third-order valence-electron chi connectivity index (χ3n) is 5.75. The SMILES string of the molecule is CCOc1ccc(CCc2ccc(-c3ccc(-c4ccc(OC)cc4)c(F)c3F)cc2)cc1F. The highest BCUT2D eigenvalue weighted by atomic mass is 19.2. The predicted octanol–water partition coefficient (Wildman–Crippen LogP) is 7.63. The molecule has 0 saturated carbocycles. The Balaban J connectivity index is 1.48. The molecule has 0 spiro atoms. The molecule has 0 radical (unpaired) electrons. The smallest absolute Gasteiger partial charge is 0.167 e. The molecular formula is C29H25F3O2. The summed E-state index contributed by atoms with van der Waals surface area (Å²) in [5.41, 5.74) is 3.46. The Morgan fingerprint density at radius 3 is 1.71 bits per heavy atom. The predicted molar refractivity (Wildman–Crippen MR) is 129 cm³/mol. The number of rotatable bonds is 8. The van der Waals surface area contributed by atoms with Crippen LogP contribution in [0.1, 0.15) is 18.1 Å². The molecule has 0 amide bonds. The van der Waals surface area contributed by atoms with Gasteiger partial charge in [-0.1, -0.05) is 54.6 Å². The topological polar surface area (TPSA) is 18.5 Å². The fourth-order valence-corrected chi connectivity index (χ4v) is 3.88. The molecule has 4 aromatic rings. The van der Waals surface area contributed by atoms with Crippen LogP contribution >= 0.6 is 0 Å². The molecule has 2 nitrogen and oxygen atoms in total. The Morgan fingerprint density at radius 2 is 1.18 bits per heavy atom. The third-order valence-corrected chi connectivity index (χ3v) is 5.75. The van der Waals surface area contributed by atoms with Gasteiger partial charge in [0.2, 0.25) is 0 Å². The van der Waals surface area contributed by atoms with Gasteiger partial charge in [0, 0.05) is 11.1 Å². The third kappa shape index (κ3) is 5.09. The van der Waals surface area contributed by atoms with Crippen molar-refractivity contribution < 1.29 is 22.6 Å². The summed E-state index contributed by atoms with van der Waals surface area (Å²) in [5.74, 6) is -1.24. The molecule has 0 aliphatic rings. The molecule has 0 aliphatic heterocycles. The molecule has 0 aromatic heterocycles. The van der Waals surface area contributed by atoms with Gasteiger partial charge in [0.1, 0.15) is 5.75 Å². The lowest BCUT2D eigenvalue weighted by Gasteiger charge is -2.11. The molecule has 0 bridgehead atoms. The summed E-state index contributed by atoms with van der Waals surface area (Å²) < 4.78 is 54.2. The van der Waals surface area contributed by atoms with Crippen LogP contribution in [0.15, 0.2) is 78.9 Å². The summed E-state index contributed by atoms with van der Waals surface area (Å²) in [6, 6.07) is 22.3. The van der Waals surface area contributed by atoms with E-state index in [1.807, 2.05) is 25.1 Å². The molecule has 0 atom stereocenters. The van der Waals surface area contributed by atoms with Gasteiger partial charge >= 0.3 is 0 Å². The van der Waals surface area contributed by atoms with Gasteiger partial charge in [0.15, 0.2) is 23.2 Å². The zero-order chi connectivity index (χ0) is 24.1. The highest BCUT2D eigenvalue weighted by Gasteiger charge is 2.16. The minimum Gasteiger partial charge on any atom is -0.497 e. The standard InChI is InChI=1S/C29H25F3O2/c1-3-34-27-17-8-20(18-26(27)30)5-4-19-6-9-21(10-7-19)24-15-16-25(29(32)28(24)31)22-11-13-23(33-2)14-12-22/h6-18H,3-5H2,1-2H3. The van der Waals surface area contributed by atoms with Crippen molar-refractivity contribution in [2.24, 2.45) is 0 Å². The van der Waals surface area contributed by atoms with Gasteiger partial charge in [0.05, 0.1) is 13.7 Å². The number of ether oxygens (including phenoxy) is 2. The Labute approximate surface area is 197 Å². The first-order valence-corrected chi connectivity index (χ1v) is 11.1. The van der Waals surface area contributed by atoms with Crippen LogP contribution in [0.5, 0.6) is 11.5 Å². The fraction of sp³-hybridized carbons (Fsp3) is 0.172. The quantitative estimate of drug-likeness (QED) is 0.268. The van der Waals surface area contributed by atoms with E-state index < -0.39 is 11.6 Å². The molecular weight excluding hydrogens is 437 g/mol. The van der Waals surface area contributed by atoms with Crippen LogP contribution in [0.25, 0.3) is 22.3 Å². The van der Waals surface area contributed by atoms with Crippen molar-refractivity contribution in [2.45, 2.75) is 19.8 Å². The Kier molecular flexibility index (Phi) is 7.21. The molecule has 34 heavy (non-hydrogen) atoms. The van der Waals surface area contributed by atoms with E-state index in [2.05, 4.69) is 0 Å². The van der Waals surface area contributed by atoms with E-state index in [0.717, 1.165) is 11.1 Å². The molecule has 174 valence electrons. The normalized spacial score (nSPS) is 10.9. The molecule has 5 heteroatoms. The first-order chi connectivity index (χ1) is 16.5. The maximum absolute atomic E-state index is 14.9. The number of aryl methyl sites for hydroxylation is 2. The second-order valence-electron chi connectivity index (χ2n) is 7.91. The summed E-state index contributed by atoms with van der Waals surface area (Å²) in [6.45, 7) is 2.23. The summed E-state index contributed by atoms with van der Waals surface area (Å²) in [6.07, 6.45) is 1.35. The van der Waals surface area contributed by atoms with Crippen LogP contribution in [-0.4, -0.2) is 13.7 Å². The Hall–Kier alpha value is -3.73. The Morgan fingerprint density at radius 1 is 0.647 bits per heavy atom. The monoisotopic (exact) mass is 462 g/mol. The largest absolute Gasteiger partial charge is 0.497 e. The summed E-state index contributed by atoms with van der Waals surface area (Å²) in [4.78, 5) is 0. The minimum atomic E-state index is -0.885. The van der Waals surface area contributed by atoms with E-state index in [1.165, 1.54) is 6.07 Å². The van der Waals surface area contributed by atoms with Crippen molar-refractivity contribution in [1.29, 1.82) is 0 Å². The van der Waals surface area contributed by atoms with E-state index in [0.29, 0.717) is 36.3 Å². The lowest BCUT2D eigenvalue weighted by molar-refractivity contribution is 0.321. The fourth-order valence-electron chi connectivity index (χ4n) is 3.88. The zero-order valence-electron chi connectivity index (χ0n) is 19.1. The number of benzene rings is 4. The van der Waals surface area contributed by atoms with Gasteiger partial charge in [-0.3, -0.25) is 0 Å². The highest BCUT2D eigenvalue weighted by Crippen LogP contribution is 2.32. The van der Waals surface area contributed by atoms with Crippen LogP contribution in [0.3, 0.4) is 0 Å². The first-order valence-electron chi connectivity index (χ1n) is 11.1. The Bertz CT molecular complexity index is 1270. The van der Waals surface area contributed by atoms with E-state index in [-0.39, 0.29) is 22.7 Å². The van der Waals surface area contributed by atoms with Crippen LogP contribution in [0.4, 0.5) is 13.2 Å². The number of halogens is 3. The number of methoxy groups -OCH3 is 1. The number of hydrogen-bond donors (Lipinski definition) is 0. The molecule has 0 heterocycles. The van der Waals surface area contributed by atoms with E-state index in [4.69, 9.17) is 9.47 Å². The second kappa shape index (κ2) is 10.5. The van der Waals surface area contributed by atoms with Crippen LogP contribution < -0.4 is 9.47 Å². The van der Waals surface area contributed by atoms with Crippen molar-refractivity contribution in [3.8, 4) is 33.8 Å². The van der Waals surface area contributed by atoms with Gasteiger partial charge in [-0.15, -0.1) is 0 Å². The van der Waals surface area contributed by atoms with Crippen molar-refractivity contribution in [2.75, 3.05) is 13.7 Å². The molecule has 0 fully saturated rings. The lowest BCUT2D eigenvalue weighted by Crippen LogP contribution is -1.97. The van der Waals surface area contributed by atoms with E-state index in [1.54, 1.807) is 61.7 Å². The molecule has 0 aliphatic carbocycles. The zero-order valence-corrected chi connectivity index (χ0v) is 19.1. The van der Waals surface area contributed by atoms with Gasteiger partial charge in [0.25, 0.3) is 0 Å². The van der Waals surface area contributed by atoms with E-state index >= 15 is 0 Å². The molecule has 4 rings (SSSR count). The summed E-state index contributed by atoms with van der Waals surface area (Å²) in [7, 11) is 1.55. The van der Waals surface area contributed by atoms with Gasteiger partial charge < -0.3 is 9.47 Å². The molecule has 0 saturated heterocycles.